The lowest BCUT2D eigenvalue weighted by molar-refractivity contribution is 1.19. The Hall–Kier alpha value is -4.24. The highest BCUT2D eigenvalue weighted by Gasteiger charge is 2.44. The number of anilines is 3. The van der Waals surface area contributed by atoms with E-state index >= 15 is 0 Å². The van der Waals surface area contributed by atoms with E-state index in [4.69, 9.17) is 0 Å². The van der Waals surface area contributed by atoms with Gasteiger partial charge in [-0.05, 0) is 104 Å². The van der Waals surface area contributed by atoms with E-state index < -0.39 is 0 Å². The number of fused-ring (bicyclic) bond motifs is 7. The smallest absolute Gasteiger partial charge is 0.333 e. The summed E-state index contributed by atoms with van der Waals surface area (Å²) in [6, 6.07) is 30.0. The molecule has 6 aromatic rings. The van der Waals surface area contributed by atoms with Crippen LogP contribution in [0.15, 0.2) is 78.9 Å². The Morgan fingerprint density at radius 1 is 0.590 bits per heavy atom. The summed E-state index contributed by atoms with van der Waals surface area (Å²) in [5.74, 6) is 0. The Bertz CT molecular complexity index is 2020. The molecule has 0 aliphatic carbocycles. The van der Waals surface area contributed by atoms with E-state index in [1.165, 1.54) is 94.3 Å². The lowest BCUT2D eigenvalue weighted by Crippen LogP contribution is -2.57. The highest BCUT2D eigenvalue weighted by Crippen LogP contribution is 2.47. The van der Waals surface area contributed by atoms with Crippen LogP contribution in [-0.2, 0) is 0 Å². The largest absolute Gasteiger partial charge is 0.375 e. The van der Waals surface area contributed by atoms with Crippen molar-refractivity contribution >= 4 is 56.6 Å². The minimum absolute atomic E-state index is 0.113. The molecule has 5 aromatic carbocycles. The van der Waals surface area contributed by atoms with Gasteiger partial charge in [0.2, 0.25) is 0 Å². The number of aromatic nitrogens is 1. The van der Waals surface area contributed by atoms with Crippen molar-refractivity contribution in [3.05, 3.63) is 112 Å². The SMILES string of the molecule is Cc1cc(C)cc(N2c3c(C)cc(C)cc3B3c4c(c(C)cc(C)c42)-c2cccc4c5ccccc5n3c24)c1. The van der Waals surface area contributed by atoms with Crippen molar-refractivity contribution in [2.45, 2.75) is 41.5 Å². The first-order valence-electron chi connectivity index (χ1n) is 14.0. The highest BCUT2D eigenvalue weighted by atomic mass is 15.2. The number of nitrogens with zero attached hydrogens (tertiary/aromatic N) is 2. The molecular weight excluding hydrogens is 471 g/mol. The number of rotatable bonds is 1. The second kappa shape index (κ2) is 7.67. The van der Waals surface area contributed by atoms with E-state index in [1.54, 1.807) is 0 Å². The van der Waals surface area contributed by atoms with Crippen LogP contribution < -0.4 is 15.8 Å². The second-order valence-electron chi connectivity index (χ2n) is 11.8. The van der Waals surface area contributed by atoms with Gasteiger partial charge < -0.3 is 9.38 Å². The molecule has 1 aromatic heterocycles. The third-order valence-electron chi connectivity index (χ3n) is 8.94. The fourth-order valence-corrected chi connectivity index (χ4v) is 7.83. The van der Waals surface area contributed by atoms with E-state index in [0.717, 1.165) is 0 Å². The average Bonchev–Trinajstić information content (AvgIpc) is 3.22. The van der Waals surface area contributed by atoms with Gasteiger partial charge in [0, 0.05) is 44.4 Å². The molecule has 3 heterocycles. The molecule has 188 valence electrons. The molecule has 39 heavy (non-hydrogen) atoms. The molecule has 8 rings (SSSR count). The van der Waals surface area contributed by atoms with E-state index in [0.29, 0.717) is 0 Å². The standard InChI is InChI=1S/C36H31BN2/c1-20-14-21(2)17-26(16-20)38-34-24(5)15-22(3)18-30(34)37-33-32(23(4)19-25(6)35(33)38)29-12-9-11-28-27-10-7-8-13-31(27)39(37)36(28)29/h7-19H,1-6H3. The molecule has 3 heteroatoms. The minimum atomic E-state index is 0.113. The first kappa shape index (κ1) is 22.7. The number of hydrogen-bond acceptors (Lipinski definition) is 1. The van der Waals surface area contributed by atoms with Crippen LogP contribution in [0.5, 0.6) is 0 Å². The predicted molar refractivity (Wildman–Crippen MR) is 168 cm³/mol. The van der Waals surface area contributed by atoms with Crippen LogP contribution in [0.3, 0.4) is 0 Å². The third-order valence-corrected chi connectivity index (χ3v) is 8.94. The summed E-state index contributed by atoms with van der Waals surface area (Å²) < 4.78 is 2.65. The van der Waals surface area contributed by atoms with Crippen molar-refractivity contribution in [2.24, 2.45) is 0 Å². The van der Waals surface area contributed by atoms with Crippen LogP contribution in [0.2, 0.25) is 0 Å². The molecule has 0 saturated heterocycles. The molecule has 2 aliphatic rings. The Kier molecular flexibility index (Phi) is 4.47. The monoisotopic (exact) mass is 502 g/mol. The Morgan fingerprint density at radius 2 is 1.28 bits per heavy atom. The van der Waals surface area contributed by atoms with E-state index in [-0.39, 0.29) is 6.85 Å². The van der Waals surface area contributed by atoms with Crippen LogP contribution in [0.1, 0.15) is 33.4 Å². The van der Waals surface area contributed by atoms with Crippen LogP contribution in [0.25, 0.3) is 32.9 Å². The normalized spacial score (nSPS) is 13.3. The van der Waals surface area contributed by atoms with Crippen molar-refractivity contribution < 1.29 is 0 Å². The fraction of sp³-hybridized carbons (Fsp3) is 0.167. The fourth-order valence-electron chi connectivity index (χ4n) is 7.83. The van der Waals surface area contributed by atoms with Gasteiger partial charge in [-0.1, -0.05) is 66.2 Å². The third kappa shape index (κ3) is 2.88. The average molecular weight is 502 g/mol. The van der Waals surface area contributed by atoms with Gasteiger partial charge in [-0.2, -0.15) is 0 Å². The molecule has 0 fully saturated rings. The van der Waals surface area contributed by atoms with Crippen LogP contribution in [0, 0.1) is 41.5 Å². The lowest BCUT2D eigenvalue weighted by atomic mass is 9.44. The molecule has 2 nitrogen and oxygen atoms in total. The van der Waals surface area contributed by atoms with E-state index in [1.807, 2.05) is 0 Å². The van der Waals surface area contributed by atoms with Crippen molar-refractivity contribution in [1.82, 2.24) is 4.48 Å². The zero-order chi connectivity index (χ0) is 26.7. The number of aryl methyl sites for hydroxylation is 6. The van der Waals surface area contributed by atoms with Gasteiger partial charge in [-0.15, -0.1) is 0 Å². The zero-order valence-corrected chi connectivity index (χ0v) is 23.5. The predicted octanol–water partition coefficient (Wildman–Crippen LogP) is 8.06. The van der Waals surface area contributed by atoms with Gasteiger partial charge in [0.25, 0.3) is 0 Å². The van der Waals surface area contributed by atoms with Gasteiger partial charge in [0.05, 0.1) is 0 Å². The molecule has 0 radical (unpaired) electrons. The highest BCUT2D eigenvalue weighted by molar-refractivity contribution is 6.90. The number of hydrogen-bond donors (Lipinski definition) is 0. The van der Waals surface area contributed by atoms with Crippen molar-refractivity contribution in [1.29, 1.82) is 0 Å². The van der Waals surface area contributed by atoms with E-state index in [9.17, 15) is 0 Å². The topological polar surface area (TPSA) is 8.17 Å². The van der Waals surface area contributed by atoms with Crippen molar-refractivity contribution in [3.8, 4) is 11.1 Å². The summed E-state index contributed by atoms with van der Waals surface area (Å²) in [5, 5.41) is 2.68. The molecule has 0 spiro atoms. The Labute approximate surface area is 230 Å². The second-order valence-corrected chi connectivity index (χ2v) is 11.8. The number of benzene rings is 5. The Morgan fingerprint density at radius 3 is 2.08 bits per heavy atom. The number of para-hydroxylation sites is 2. The van der Waals surface area contributed by atoms with Crippen LogP contribution in [-0.4, -0.2) is 11.3 Å². The summed E-state index contributed by atoms with van der Waals surface area (Å²) in [6.45, 7) is 13.7. The summed E-state index contributed by atoms with van der Waals surface area (Å²) in [6.07, 6.45) is 0. The maximum atomic E-state index is 2.65. The first-order valence-corrected chi connectivity index (χ1v) is 14.0. The summed E-state index contributed by atoms with van der Waals surface area (Å²) in [4.78, 5) is 2.57. The maximum Gasteiger partial charge on any atom is 0.333 e. The van der Waals surface area contributed by atoms with Gasteiger partial charge in [-0.25, -0.2) is 0 Å². The summed E-state index contributed by atoms with van der Waals surface area (Å²) in [7, 11) is 0. The molecular formula is C36H31BN2. The van der Waals surface area contributed by atoms with Crippen molar-refractivity contribution in [3.63, 3.8) is 0 Å². The minimum Gasteiger partial charge on any atom is -0.375 e. The van der Waals surface area contributed by atoms with Gasteiger partial charge >= 0.3 is 6.85 Å². The Balaban J connectivity index is 1.62. The van der Waals surface area contributed by atoms with Gasteiger partial charge in [0.1, 0.15) is 0 Å². The molecule has 2 aliphatic heterocycles. The maximum absolute atomic E-state index is 2.65. The molecule has 0 unspecified atom stereocenters. The van der Waals surface area contributed by atoms with Crippen LogP contribution in [0.4, 0.5) is 17.1 Å². The molecule has 0 atom stereocenters. The van der Waals surface area contributed by atoms with E-state index in [2.05, 4.69) is 130 Å². The van der Waals surface area contributed by atoms with Gasteiger partial charge in [0.15, 0.2) is 0 Å². The quantitative estimate of drug-likeness (QED) is 0.206. The lowest BCUT2D eigenvalue weighted by Gasteiger charge is -2.43. The molecule has 0 amide bonds. The zero-order valence-electron chi connectivity index (χ0n) is 23.5. The molecule has 0 saturated carbocycles. The van der Waals surface area contributed by atoms with Crippen LogP contribution >= 0.6 is 0 Å². The molecule has 0 bridgehead atoms. The first-order chi connectivity index (χ1) is 18.8. The van der Waals surface area contributed by atoms with Crippen molar-refractivity contribution in [2.75, 3.05) is 4.90 Å². The summed E-state index contributed by atoms with van der Waals surface area (Å²) >= 11 is 0. The summed E-state index contributed by atoms with van der Waals surface area (Å²) in [5.41, 5.74) is 20.1. The molecule has 0 N–H and O–H groups in total. The van der Waals surface area contributed by atoms with Gasteiger partial charge in [-0.3, -0.25) is 0 Å².